The van der Waals surface area contributed by atoms with E-state index in [2.05, 4.69) is 0 Å². The van der Waals surface area contributed by atoms with E-state index >= 15 is 0 Å². The van der Waals surface area contributed by atoms with Crippen molar-refractivity contribution in [3.05, 3.63) is 70.5 Å². The van der Waals surface area contributed by atoms with Crippen molar-refractivity contribution in [2.75, 3.05) is 4.90 Å². The minimum Gasteiger partial charge on any atom is -0.508 e. The van der Waals surface area contributed by atoms with Crippen molar-refractivity contribution >= 4 is 40.9 Å². The van der Waals surface area contributed by atoms with Gasteiger partial charge in [-0.15, -0.1) is 0 Å². The highest BCUT2D eigenvalue weighted by atomic mass is 35.5. The Labute approximate surface area is 236 Å². The average Bonchev–Trinajstić information content (AvgIpc) is 3.26. The minimum absolute atomic E-state index is 0.0233. The molecule has 4 aliphatic rings. The third-order valence-electron chi connectivity index (χ3n) is 9.35. The molecule has 1 N–H and O–H groups in total. The van der Waals surface area contributed by atoms with Crippen LogP contribution < -0.4 is 4.90 Å². The fraction of sp³-hybridized carbons (Fsp3) is 0.419. The Hall–Kier alpha value is -3.52. The summed E-state index contributed by atoms with van der Waals surface area (Å²) < 4.78 is 14.0. The number of anilines is 1. The van der Waals surface area contributed by atoms with Crippen molar-refractivity contribution in [3.63, 3.8) is 0 Å². The van der Waals surface area contributed by atoms with E-state index in [-0.39, 0.29) is 34.7 Å². The minimum atomic E-state index is -1.30. The number of hydrogen-bond acceptors (Lipinski definition) is 5. The molecule has 6 atom stereocenters. The summed E-state index contributed by atoms with van der Waals surface area (Å²) in [5, 5.41) is 10.8. The maximum atomic E-state index is 14.3. The number of aromatic hydroxyl groups is 1. The van der Waals surface area contributed by atoms with Crippen molar-refractivity contribution in [2.24, 2.45) is 29.1 Å². The molecular weight excluding hydrogens is 535 g/mol. The Kier molecular flexibility index (Phi) is 5.83. The molecule has 1 saturated carbocycles. The number of halogens is 2. The highest BCUT2D eigenvalue weighted by Gasteiger charge is 2.68. The number of allylic oxidation sites excluding steroid dienone is 2. The van der Waals surface area contributed by atoms with Gasteiger partial charge in [-0.25, -0.2) is 9.29 Å². The molecule has 3 fully saturated rings. The van der Waals surface area contributed by atoms with Crippen LogP contribution in [0.15, 0.2) is 54.1 Å². The Morgan fingerprint density at radius 1 is 1.00 bits per heavy atom. The van der Waals surface area contributed by atoms with Gasteiger partial charge in [0.2, 0.25) is 23.6 Å². The first-order chi connectivity index (χ1) is 18.8. The summed E-state index contributed by atoms with van der Waals surface area (Å²) in [4.78, 5) is 58.1. The van der Waals surface area contributed by atoms with Crippen LogP contribution in [-0.4, -0.2) is 39.2 Å². The lowest BCUT2D eigenvalue weighted by Crippen LogP contribution is -2.49. The Bertz CT molecular complexity index is 1530. The van der Waals surface area contributed by atoms with Gasteiger partial charge in [0.05, 0.1) is 33.9 Å². The molecule has 208 valence electrons. The lowest BCUT2D eigenvalue weighted by atomic mass is 9.51. The molecule has 6 rings (SSSR count). The largest absolute Gasteiger partial charge is 0.508 e. The monoisotopic (exact) mass is 564 g/mol. The molecular formula is C31H30ClFN2O5. The van der Waals surface area contributed by atoms with Gasteiger partial charge in [-0.1, -0.05) is 41.4 Å². The molecule has 7 nitrogen and oxygen atoms in total. The summed E-state index contributed by atoms with van der Waals surface area (Å²) in [5.41, 5.74) is -0.577. The first-order valence-corrected chi connectivity index (χ1v) is 13.9. The van der Waals surface area contributed by atoms with E-state index < -0.39 is 58.2 Å². The van der Waals surface area contributed by atoms with E-state index in [0.717, 1.165) is 16.5 Å². The van der Waals surface area contributed by atoms with Crippen molar-refractivity contribution in [1.29, 1.82) is 0 Å². The van der Waals surface area contributed by atoms with Crippen LogP contribution in [0, 0.1) is 34.9 Å². The standard InChI is InChI=1S/C31H30ClFN2O5/c1-30(2,3)35-26(37)18-11-10-16-19(24(18)28(35)39)14-20-27(38)34(15-9-12-22(33)21(32)13-15)29(40)31(20,4)25(16)17-7-5-6-8-23(17)36/h5-10,12-13,18-20,24-25,36H,11,14H2,1-4H3. The second-order valence-electron chi connectivity index (χ2n) is 12.5. The lowest BCUT2D eigenvalue weighted by Gasteiger charge is -2.49. The molecule has 0 aromatic heterocycles. The van der Waals surface area contributed by atoms with Gasteiger partial charge in [0.25, 0.3) is 0 Å². The van der Waals surface area contributed by atoms with Gasteiger partial charge in [-0.2, -0.15) is 0 Å². The van der Waals surface area contributed by atoms with Crippen molar-refractivity contribution < 1.29 is 28.7 Å². The molecule has 0 bridgehead atoms. The molecule has 2 aromatic carbocycles. The zero-order valence-corrected chi connectivity index (χ0v) is 23.4. The molecule has 4 amide bonds. The number of imide groups is 2. The zero-order valence-electron chi connectivity index (χ0n) is 22.7. The van der Waals surface area contributed by atoms with Gasteiger partial charge in [-0.05, 0) is 70.7 Å². The predicted octanol–water partition coefficient (Wildman–Crippen LogP) is 5.21. The van der Waals surface area contributed by atoms with Crippen LogP contribution in [-0.2, 0) is 19.2 Å². The summed E-state index contributed by atoms with van der Waals surface area (Å²) in [7, 11) is 0. The Balaban J connectivity index is 1.53. The summed E-state index contributed by atoms with van der Waals surface area (Å²) in [6.45, 7) is 7.19. The van der Waals surface area contributed by atoms with Crippen LogP contribution >= 0.6 is 11.6 Å². The number of amides is 4. The van der Waals surface area contributed by atoms with Crippen molar-refractivity contribution in [2.45, 2.75) is 52.0 Å². The van der Waals surface area contributed by atoms with Gasteiger partial charge in [0.15, 0.2) is 0 Å². The maximum absolute atomic E-state index is 14.3. The predicted molar refractivity (Wildman–Crippen MR) is 146 cm³/mol. The number of benzene rings is 2. The number of fused-ring (bicyclic) bond motifs is 4. The third kappa shape index (κ3) is 3.47. The second-order valence-corrected chi connectivity index (χ2v) is 12.9. The summed E-state index contributed by atoms with van der Waals surface area (Å²) >= 11 is 6.02. The molecule has 2 saturated heterocycles. The fourth-order valence-corrected chi connectivity index (χ4v) is 7.80. The summed E-state index contributed by atoms with van der Waals surface area (Å²) in [6, 6.07) is 10.4. The number of para-hydroxylation sites is 1. The average molecular weight is 565 g/mol. The van der Waals surface area contributed by atoms with Crippen LogP contribution in [0.5, 0.6) is 5.75 Å². The smallest absolute Gasteiger partial charge is 0.241 e. The van der Waals surface area contributed by atoms with E-state index in [1.807, 2.05) is 26.8 Å². The van der Waals surface area contributed by atoms with Gasteiger partial charge in [0, 0.05) is 17.0 Å². The summed E-state index contributed by atoms with van der Waals surface area (Å²) in [6.07, 6.45) is 2.47. The molecule has 2 aliphatic heterocycles. The first-order valence-electron chi connectivity index (χ1n) is 13.5. The van der Waals surface area contributed by atoms with Crippen molar-refractivity contribution in [3.8, 4) is 5.75 Å². The number of phenols is 1. The molecule has 0 spiro atoms. The molecule has 9 heteroatoms. The Morgan fingerprint density at radius 2 is 1.70 bits per heavy atom. The quantitative estimate of drug-likeness (QED) is 0.399. The fourth-order valence-electron chi connectivity index (χ4n) is 7.62. The van der Waals surface area contributed by atoms with Gasteiger partial charge >= 0.3 is 0 Å². The normalized spacial score (nSPS) is 31.8. The number of nitrogens with zero attached hydrogens (tertiary/aromatic N) is 2. The topological polar surface area (TPSA) is 95.0 Å². The molecule has 0 radical (unpaired) electrons. The second kappa shape index (κ2) is 8.74. The number of carbonyl (C=O) groups excluding carboxylic acids is 4. The van der Waals surface area contributed by atoms with E-state index in [1.165, 1.54) is 23.1 Å². The maximum Gasteiger partial charge on any atom is 0.241 e. The van der Waals surface area contributed by atoms with Crippen LogP contribution in [0.2, 0.25) is 5.02 Å². The van der Waals surface area contributed by atoms with E-state index in [0.29, 0.717) is 12.0 Å². The van der Waals surface area contributed by atoms with E-state index in [9.17, 15) is 28.7 Å². The van der Waals surface area contributed by atoms with Crippen LogP contribution in [0.25, 0.3) is 0 Å². The molecule has 40 heavy (non-hydrogen) atoms. The highest BCUT2D eigenvalue weighted by molar-refractivity contribution is 6.31. The number of carbonyl (C=O) groups is 4. The number of phenolic OH excluding ortho intramolecular Hbond substituents is 1. The van der Waals surface area contributed by atoms with E-state index in [4.69, 9.17) is 11.6 Å². The molecule has 2 aromatic rings. The molecule has 6 unspecified atom stereocenters. The Morgan fingerprint density at radius 3 is 2.35 bits per heavy atom. The summed E-state index contributed by atoms with van der Waals surface area (Å²) in [5.74, 6) is -5.39. The van der Waals surface area contributed by atoms with Gasteiger partial charge < -0.3 is 5.11 Å². The number of rotatable bonds is 2. The number of hydrogen-bond donors (Lipinski definition) is 1. The van der Waals surface area contributed by atoms with Gasteiger partial charge in [-0.3, -0.25) is 24.1 Å². The number of likely N-dealkylation sites (tertiary alicyclic amines) is 1. The molecule has 2 aliphatic carbocycles. The van der Waals surface area contributed by atoms with E-state index in [1.54, 1.807) is 25.1 Å². The third-order valence-corrected chi connectivity index (χ3v) is 9.64. The lowest BCUT2D eigenvalue weighted by molar-refractivity contribution is -0.145. The van der Waals surface area contributed by atoms with Crippen molar-refractivity contribution in [1.82, 2.24) is 4.90 Å². The zero-order chi connectivity index (χ0) is 28.9. The van der Waals surface area contributed by atoms with Crippen LogP contribution in [0.4, 0.5) is 10.1 Å². The highest BCUT2D eigenvalue weighted by Crippen LogP contribution is 2.64. The SMILES string of the molecule is CC12C(=O)N(c3ccc(F)c(Cl)c3)C(=O)C1CC1C(=CCC3C(=O)N(C(C)(C)C)C(=O)C31)C2c1ccccc1O. The van der Waals surface area contributed by atoms with Crippen LogP contribution in [0.1, 0.15) is 52.0 Å². The molecule has 2 heterocycles. The van der Waals surface area contributed by atoms with Gasteiger partial charge in [0.1, 0.15) is 11.6 Å². The van der Waals surface area contributed by atoms with Crippen LogP contribution in [0.3, 0.4) is 0 Å². The first kappa shape index (κ1) is 26.7.